The Labute approximate surface area is 137 Å². The van der Waals surface area contributed by atoms with Crippen LogP contribution >= 0.6 is 23.8 Å². The van der Waals surface area contributed by atoms with Crippen LogP contribution in [0.2, 0.25) is 5.02 Å². The van der Waals surface area contributed by atoms with Crippen LogP contribution in [0.3, 0.4) is 0 Å². The van der Waals surface area contributed by atoms with Crippen molar-refractivity contribution in [3.05, 3.63) is 69.2 Å². The number of hydrogen-bond acceptors (Lipinski definition) is 4. The van der Waals surface area contributed by atoms with Crippen LogP contribution in [0.4, 0.5) is 11.4 Å². The second kappa shape index (κ2) is 6.55. The molecule has 0 saturated heterocycles. The zero-order valence-electron chi connectivity index (χ0n) is 11.2. The number of phenolic OH excluding ortho intramolecular Hbond substituents is 1. The molecule has 0 aliphatic heterocycles. The number of benzene rings is 2. The van der Waals surface area contributed by atoms with Crippen molar-refractivity contribution in [2.75, 3.05) is 5.32 Å². The van der Waals surface area contributed by atoms with Crippen molar-refractivity contribution < 1.29 is 10.0 Å². The maximum Gasteiger partial charge on any atom is 0.290 e. The van der Waals surface area contributed by atoms with Gasteiger partial charge in [0.2, 0.25) is 0 Å². The molecule has 0 spiro atoms. The fourth-order valence-electron chi connectivity index (χ4n) is 1.91. The summed E-state index contributed by atoms with van der Waals surface area (Å²) in [5.41, 5.74) is 0.541. The number of nitro benzene ring substituents is 1. The van der Waals surface area contributed by atoms with Gasteiger partial charge in [-0.2, -0.15) is 0 Å². The SMILES string of the molecule is C=Cc1ccc(O)c(C(=S)Nc2ccc(Cl)cc2)c1[N+](=O)[O-]. The maximum atomic E-state index is 11.3. The second-order valence-corrected chi connectivity index (χ2v) is 5.16. The number of nitro groups is 1. The number of aromatic hydroxyl groups is 1. The molecule has 0 atom stereocenters. The third-order valence-electron chi connectivity index (χ3n) is 2.92. The quantitative estimate of drug-likeness (QED) is 0.493. The highest BCUT2D eigenvalue weighted by molar-refractivity contribution is 7.81. The Morgan fingerprint density at radius 3 is 2.50 bits per heavy atom. The monoisotopic (exact) mass is 334 g/mol. The zero-order valence-corrected chi connectivity index (χ0v) is 12.8. The van der Waals surface area contributed by atoms with Gasteiger partial charge in [-0.1, -0.05) is 36.5 Å². The van der Waals surface area contributed by atoms with Crippen LogP contribution in [-0.4, -0.2) is 15.0 Å². The summed E-state index contributed by atoms with van der Waals surface area (Å²) in [6, 6.07) is 9.41. The van der Waals surface area contributed by atoms with E-state index in [1.807, 2.05) is 0 Å². The van der Waals surface area contributed by atoms with E-state index in [-0.39, 0.29) is 27.6 Å². The largest absolute Gasteiger partial charge is 0.507 e. The van der Waals surface area contributed by atoms with E-state index < -0.39 is 4.92 Å². The summed E-state index contributed by atoms with van der Waals surface area (Å²) in [6.45, 7) is 3.53. The molecular formula is C15H11ClN2O3S. The molecule has 0 heterocycles. The highest BCUT2D eigenvalue weighted by Gasteiger charge is 2.25. The van der Waals surface area contributed by atoms with E-state index in [0.717, 1.165) is 0 Å². The van der Waals surface area contributed by atoms with Crippen LogP contribution in [0, 0.1) is 10.1 Å². The van der Waals surface area contributed by atoms with E-state index in [9.17, 15) is 15.2 Å². The number of nitrogens with one attached hydrogen (secondary N) is 1. The van der Waals surface area contributed by atoms with E-state index in [1.54, 1.807) is 24.3 Å². The van der Waals surface area contributed by atoms with E-state index in [1.165, 1.54) is 18.2 Å². The Morgan fingerprint density at radius 1 is 1.32 bits per heavy atom. The van der Waals surface area contributed by atoms with Crippen LogP contribution in [0.1, 0.15) is 11.1 Å². The Kier molecular flexibility index (Phi) is 4.75. The van der Waals surface area contributed by atoms with Gasteiger partial charge in [0.1, 0.15) is 16.3 Å². The van der Waals surface area contributed by atoms with E-state index in [2.05, 4.69) is 11.9 Å². The molecule has 112 valence electrons. The molecule has 2 aromatic carbocycles. The standard InChI is InChI=1S/C15H11ClN2O3S/c1-2-9-3-8-12(19)13(14(9)18(20)21)15(22)17-11-6-4-10(16)5-7-11/h2-8,19H,1H2,(H,17,22). The number of thiocarbonyl (C=S) groups is 1. The summed E-state index contributed by atoms with van der Waals surface area (Å²) in [7, 11) is 0. The first kappa shape index (κ1) is 15.9. The first-order valence-electron chi connectivity index (χ1n) is 6.13. The molecule has 5 nitrogen and oxygen atoms in total. The molecule has 2 aromatic rings. The molecule has 2 rings (SSSR count). The van der Waals surface area contributed by atoms with Crippen LogP contribution in [0.25, 0.3) is 6.08 Å². The number of nitrogens with zero attached hydrogens (tertiary/aromatic N) is 1. The third kappa shape index (κ3) is 3.24. The number of hydrogen-bond donors (Lipinski definition) is 2. The predicted octanol–water partition coefficient (Wildman–Crippen LogP) is 4.38. The van der Waals surface area contributed by atoms with Crippen molar-refractivity contribution in [2.24, 2.45) is 0 Å². The highest BCUT2D eigenvalue weighted by Crippen LogP contribution is 2.33. The Bertz CT molecular complexity index is 760. The summed E-state index contributed by atoms with van der Waals surface area (Å²) in [6.07, 6.45) is 1.34. The molecule has 7 heteroatoms. The second-order valence-electron chi connectivity index (χ2n) is 4.32. The molecular weight excluding hydrogens is 324 g/mol. The average molecular weight is 335 g/mol. The third-order valence-corrected chi connectivity index (χ3v) is 3.48. The number of phenols is 1. The molecule has 0 saturated carbocycles. The van der Waals surface area contributed by atoms with Gasteiger partial charge in [0, 0.05) is 10.7 Å². The Balaban J connectivity index is 2.46. The Morgan fingerprint density at radius 2 is 1.95 bits per heavy atom. The Hall–Kier alpha value is -2.44. The van der Waals surface area contributed by atoms with Gasteiger partial charge >= 0.3 is 0 Å². The van der Waals surface area contributed by atoms with E-state index >= 15 is 0 Å². The van der Waals surface area contributed by atoms with Gasteiger partial charge in [0.05, 0.1) is 10.5 Å². The van der Waals surface area contributed by atoms with Gasteiger partial charge in [-0.15, -0.1) is 0 Å². The molecule has 0 unspecified atom stereocenters. The van der Waals surface area contributed by atoms with Crippen LogP contribution < -0.4 is 5.32 Å². The van der Waals surface area contributed by atoms with Gasteiger partial charge in [0.25, 0.3) is 5.69 Å². The van der Waals surface area contributed by atoms with Crippen molar-refractivity contribution in [1.29, 1.82) is 0 Å². The lowest BCUT2D eigenvalue weighted by molar-refractivity contribution is -0.385. The van der Waals surface area contributed by atoms with Crippen LogP contribution in [0.15, 0.2) is 43.0 Å². The molecule has 22 heavy (non-hydrogen) atoms. The van der Waals surface area contributed by atoms with Crippen molar-refractivity contribution >= 4 is 46.3 Å². The first-order chi connectivity index (χ1) is 10.4. The zero-order chi connectivity index (χ0) is 16.3. The molecule has 0 aromatic heterocycles. The smallest absolute Gasteiger partial charge is 0.290 e. The summed E-state index contributed by atoms with van der Waals surface area (Å²) in [4.78, 5) is 10.7. The minimum Gasteiger partial charge on any atom is -0.507 e. The minimum atomic E-state index is -0.595. The van der Waals surface area contributed by atoms with E-state index in [0.29, 0.717) is 10.7 Å². The fourth-order valence-corrected chi connectivity index (χ4v) is 2.35. The molecule has 0 radical (unpaired) electrons. The summed E-state index contributed by atoms with van der Waals surface area (Å²) in [5.74, 6) is -0.274. The van der Waals surface area contributed by atoms with E-state index in [4.69, 9.17) is 23.8 Å². The van der Waals surface area contributed by atoms with Gasteiger partial charge in [-0.05, 0) is 36.4 Å². The predicted molar refractivity (Wildman–Crippen MR) is 91.6 cm³/mol. The van der Waals surface area contributed by atoms with Crippen molar-refractivity contribution in [3.8, 4) is 5.75 Å². The normalized spacial score (nSPS) is 10.0. The lowest BCUT2D eigenvalue weighted by Gasteiger charge is -2.11. The minimum absolute atomic E-state index is 0.0372. The maximum absolute atomic E-state index is 11.3. The van der Waals surface area contributed by atoms with Gasteiger partial charge in [-0.25, -0.2) is 0 Å². The molecule has 2 N–H and O–H groups in total. The molecule has 0 bridgehead atoms. The first-order valence-corrected chi connectivity index (χ1v) is 6.92. The van der Waals surface area contributed by atoms with Crippen molar-refractivity contribution in [1.82, 2.24) is 0 Å². The lowest BCUT2D eigenvalue weighted by Crippen LogP contribution is -2.13. The highest BCUT2D eigenvalue weighted by atomic mass is 35.5. The van der Waals surface area contributed by atoms with Gasteiger partial charge < -0.3 is 10.4 Å². The van der Waals surface area contributed by atoms with Gasteiger partial charge in [0.15, 0.2) is 0 Å². The van der Waals surface area contributed by atoms with Gasteiger partial charge in [-0.3, -0.25) is 10.1 Å². The lowest BCUT2D eigenvalue weighted by atomic mass is 10.1. The summed E-state index contributed by atoms with van der Waals surface area (Å²) < 4.78 is 0. The van der Waals surface area contributed by atoms with Crippen LogP contribution in [0.5, 0.6) is 5.75 Å². The molecule has 0 amide bonds. The number of halogens is 1. The summed E-state index contributed by atoms with van der Waals surface area (Å²) in [5, 5.41) is 24.7. The summed E-state index contributed by atoms with van der Waals surface area (Å²) >= 11 is 11.0. The molecule has 0 aliphatic rings. The molecule has 0 aliphatic carbocycles. The fraction of sp³-hybridized carbons (Fsp3) is 0. The number of rotatable bonds is 4. The topological polar surface area (TPSA) is 75.4 Å². The molecule has 0 fully saturated rings. The average Bonchev–Trinajstić information content (AvgIpc) is 2.48. The number of anilines is 1. The van der Waals surface area contributed by atoms with Crippen molar-refractivity contribution in [2.45, 2.75) is 0 Å². The van der Waals surface area contributed by atoms with Crippen LogP contribution in [-0.2, 0) is 0 Å². The van der Waals surface area contributed by atoms with Crippen molar-refractivity contribution in [3.63, 3.8) is 0 Å².